The van der Waals surface area contributed by atoms with Crippen LogP contribution < -0.4 is 5.32 Å². The van der Waals surface area contributed by atoms with Crippen LogP contribution in [0.4, 0.5) is 11.4 Å². The number of halogens is 1. The summed E-state index contributed by atoms with van der Waals surface area (Å²) in [6, 6.07) is 5.19. The van der Waals surface area contributed by atoms with Gasteiger partial charge in [0, 0.05) is 17.8 Å². The second kappa shape index (κ2) is 5.54. The number of nitro groups is 1. The summed E-state index contributed by atoms with van der Waals surface area (Å²) in [5.41, 5.74) is 0.797. The summed E-state index contributed by atoms with van der Waals surface area (Å²) >= 11 is 5.88. The second-order valence-corrected chi connectivity index (χ2v) is 5.05. The van der Waals surface area contributed by atoms with Crippen LogP contribution in [0, 0.1) is 10.1 Å². The van der Waals surface area contributed by atoms with Gasteiger partial charge in [-0.2, -0.15) is 0 Å². The van der Waals surface area contributed by atoms with Crippen molar-refractivity contribution in [3.05, 3.63) is 33.3 Å². The van der Waals surface area contributed by atoms with E-state index >= 15 is 0 Å². The Labute approximate surface area is 111 Å². The predicted molar refractivity (Wildman–Crippen MR) is 72.2 cm³/mol. The molecule has 0 radical (unpaired) electrons. The molecule has 0 saturated carbocycles. The van der Waals surface area contributed by atoms with Gasteiger partial charge in [-0.05, 0) is 45.1 Å². The second-order valence-electron chi connectivity index (χ2n) is 4.65. The molecule has 0 spiro atoms. The summed E-state index contributed by atoms with van der Waals surface area (Å²) in [5, 5.41) is 14.2. The molecule has 1 N–H and O–H groups in total. The van der Waals surface area contributed by atoms with Crippen molar-refractivity contribution in [3.63, 3.8) is 0 Å². The maximum absolute atomic E-state index is 10.7. The van der Waals surface area contributed by atoms with Crippen LogP contribution in [0.3, 0.4) is 0 Å². The number of nitrogens with zero attached hydrogens (tertiary/aromatic N) is 2. The highest BCUT2D eigenvalue weighted by atomic mass is 35.5. The first-order valence-electron chi connectivity index (χ1n) is 5.95. The molecule has 0 atom stereocenters. The maximum atomic E-state index is 10.7. The number of anilines is 1. The van der Waals surface area contributed by atoms with Gasteiger partial charge in [-0.3, -0.25) is 10.1 Å². The van der Waals surface area contributed by atoms with Crippen LogP contribution in [0.2, 0.25) is 5.02 Å². The number of likely N-dealkylation sites (tertiary alicyclic amines) is 1. The highest BCUT2D eigenvalue weighted by molar-refractivity contribution is 6.32. The molecule has 98 valence electrons. The summed E-state index contributed by atoms with van der Waals surface area (Å²) in [4.78, 5) is 12.5. The largest absolute Gasteiger partial charge is 0.382 e. The third-order valence-electron chi connectivity index (χ3n) is 3.23. The minimum absolute atomic E-state index is 0.0504. The Morgan fingerprint density at radius 1 is 1.44 bits per heavy atom. The van der Waals surface area contributed by atoms with Crippen LogP contribution in [0.1, 0.15) is 12.8 Å². The molecule has 1 fully saturated rings. The standard InChI is InChI=1S/C12H16ClN3O2/c1-15-6-4-9(5-7-15)14-10-2-3-12(16(17)18)11(13)8-10/h2-3,8-9,14H,4-7H2,1H3. The zero-order chi connectivity index (χ0) is 13.1. The van der Waals surface area contributed by atoms with Crippen LogP contribution in [-0.4, -0.2) is 36.0 Å². The average Bonchev–Trinajstić information content (AvgIpc) is 2.32. The van der Waals surface area contributed by atoms with E-state index in [0.29, 0.717) is 6.04 Å². The molecule has 18 heavy (non-hydrogen) atoms. The molecule has 1 aliphatic rings. The number of nitro benzene ring substituents is 1. The minimum Gasteiger partial charge on any atom is -0.382 e. The van der Waals surface area contributed by atoms with Crippen molar-refractivity contribution in [2.45, 2.75) is 18.9 Å². The molecular weight excluding hydrogens is 254 g/mol. The third kappa shape index (κ3) is 3.11. The van der Waals surface area contributed by atoms with E-state index in [1.807, 2.05) is 0 Å². The Kier molecular flexibility index (Phi) is 4.04. The molecule has 1 aliphatic heterocycles. The van der Waals surface area contributed by atoms with E-state index in [2.05, 4.69) is 17.3 Å². The van der Waals surface area contributed by atoms with E-state index in [-0.39, 0.29) is 10.7 Å². The highest BCUT2D eigenvalue weighted by Gasteiger charge is 2.17. The zero-order valence-electron chi connectivity index (χ0n) is 10.2. The summed E-state index contributed by atoms with van der Waals surface area (Å²) in [6.45, 7) is 2.14. The molecule has 1 heterocycles. The van der Waals surface area contributed by atoms with Gasteiger partial charge in [-0.1, -0.05) is 11.6 Å². The van der Waals surface area contributed by atoms with Crippen molar-refractivity contribution >= 4 is 23.0 Å². The molecule has 0 amide bonds. The van der Waals surface area contributed by atoms with Crippen LogP contribution in [0.5, 0.6) is 0 Å². The van der Waals surface area contributed by atoms with E-state index in [0.717, 1.165) is 31.6 Å². The fourth-order valence-electron chi connectivity index (χ4n) is 2.13. The van der Waals surface area contributed by atoms with Crippen molar-refractivity contribution in [2.75, 3.05) is 25.5 Å². The van der Waals surface area contributed by atoms with Gasteiger partial charge >= 0.3 is 0 Å². The van der Waals surface area contributed by atoms with Gasteiger partial charge in [0.05, 0.1) is 4.92 Å². The first-order chi connectivity index (χ1) is 8.56. The van der Waals surface area contributed by atoms with Crippen molar-refractivity contribution in [2.24, 2.45) is 0 Å². The van der Waals surface area contributed by atoms with Crippen molar-refractivity contribution < 1.29 is 4.92 Å². The van der Waals surface area contributed by atoms with Crippen LogP contribution in [0.15, 0.2) is 18.2 Å². The molecule has 0 aromatic heterocycles. The van der Waals surface area contributed by atoms with E-state index in [1.54, 1.807) is 12.1 Å². The summed E-state index contributed by atoms with van der Waals surface area (Å²) in [7, 11) is 2.11. The van der Waals surface area contributed by atoms with Crippen LogP contribution in [-0.2, 0) is 0 Å². The monoisotopic (exact) mass is 269 g/mol. The van der Waals surface area contributed by atoms with Crippen molar-refractivity contribution in [3.8, 4) is 0 Å². The lowest BCUT2D eigenvalue weighted by atomic mass is 10.1. The molecule has 1 aromatic rings. The van der Waals surface area contributed by atoms with Gasteiger partial charge in [0.2, 0.25) is 0 Å². The quantitative estimate of drug-likeness (QED) is 0.677. The van der Waals surface area contributed by atoms with Gasteiger partial charge < -0.3 is 10.2 Å². The van der Waals surface area contributed by atoms with Gasteiger partial charge in [0.25, 0.3) is 5.69 Å². The average molecular weight is 270 g/mol. The molecule has 0 bridgehead atoms. The van der Waals surface area contributed by atoms with Crippen LogP contribution >= 0.6 is 11.6 Å². The van der Waals surface area contributed by atoms with Crippen molar-refractivity contribution in [1.29, 1.82) is 0 Å². The Hall–Kier alpha value is -1.33. The summed E-state index contributed by atoms with van der Waals surface area (Å²) in [6.07, 6.45) is 2.15. The number of benzene rings is 1. The molecule has 1 saturated heterocycles. The Morgan fingerprint density at radius 3 is 2.67 bits per heavy atom. The molecule has 1 aromatic carbocycles. The smallest absolute Gasteiger partial charge is 0.288 e. The SMILES string of the molecule is CN1CCC(Nc2ccc([N+](=O)[O-])c(Cl)c2)CC1. The summed E-state index contributed by atoms with van der Waals surface area (Å²) < 4.78 is 0. The van der Waals surface area contributed by atoms with Gasteiger partial charge in [-0.15, -0.1) is 0 Å². The highest BCUT2D eigenvalue weighted by Crippen LogP contribution is 2.28. The molecule has 2 rings (SSSR count). The number of piperidine rings is 1. The fourth-order valence-corrected chi connectivity index (χ4v) is 2.38. The number of nitrogens with one attached hydrogen (secondary N) is 1. The Morgan fingerprint density at radius 2 is 2.11 bits per heavy atom. The maximum Gasteiger partial charge on any atom is 0.288 e. The number of hydrogen-bond donors (Lipinski definition) is 1. The van der Waals surface area contributed by atoms with Crippen molar-refractivity contribution in [1.82, 2.24) is 4.90 Å². The fraction of sp³-hybridized carbons (Fsp3) is 0.500. The Balaban J connectivity index is 2.02. The topological polar surface area (TPSA) is 58.4 Å². The van der Waals surface area contributed by atoms with E-state index in [4.69, 9.17) is 11.6 Å². The minimum atomic E-state index is -0.471. The number of hydrogen-bond acceptors (Lipinski definition) is 4. The summed E-state index contributed by atoms with van der Waals surface area (Å²) in [5.74, 6) is 0. The lowest BCUT2D eigenvalue weighted by Gasteiger charge is -2.30. The lowest BCUT2D eigenvalue weighted by molar-refractivity contribution is -0.384. The predicted octanol–water partition coefficient (Wildman–Crippen LogP) is 2.75. The molecule has 6 heteroatoms. The molecule has 0 unspecified atom stereocenters. The van der Waals surface area contributed by atoms with Gasteiger partial charge in [0.15, 0.2) is 0 Å². The van der Waals surface area contributed by atoms with Gasteiger partial charge in [-0.25, -0.2) is 0 Å². The molecule has 5 nitrogen and oxygen atoms in total. The van der Waals surface area contributed by atoms with Gasteiger partial charge in [0.1, 0.15) is 5.02 Å². The van der Waals surface area contributed by atoms with E-state index in [1.165, 1.54) is 6.07 Å². The zero-order valence-corrected chi connectivity index (χ0v) is 11.0. The van der Waals surface area contributed by atoms with E-state index in [9.17, 15) is 10.1 Å². The third-order valence-corrected chi connectivity index (χ3v) is 3.54. The van der Waals surface area contributed by atoms with Crippen LogP contribution in [0.25, 0.3) is 0 Å². The molecule has 0 aliphatic carbocycles. The first kappa shape index (κ1) is 13.1. The first-order valence-corrected chi connectivity index (χ1v) is 6.33. The Bertz CT molecular complexity index is 445. The normalized spacial score (nSPS) is 17.7. The number of rotatable bonds is 3. The lowest BCUT2D eigenvalue weighted by Crippen LogP contribution is -2.36. The molecular formula is C12H16ClN3O2. The van der Waals surface area contributed by atoms with E-state index < -0.39 is 4.92 Å².